The van der Waals surface area contributed by atoms with E-state index in [0.717, 1.165) is 18.9 Å². The van der Waals surface area contributed by atoms with Gasteiger partial charge >= 0.3 is 6.18 Å². The minimum absolute atomic E-state index is 0.257. The summed E-state index contributed by atoms with van der Waals surface area (Å²) >= 11 is 0. The molecule has 0 aliphatic carbocycles. The fourth-order valence-electron chi connectivity index (χ4n) is 1.52. The van der Waals surface area contributed by atoms with Crippen LogP contribution in [0, 0.1) is 0 Å². The van der Waals surface area contributed by atoms with Crippen molar-refractivity contribution >= 4 is 11.4 Å². The number of nitrogens with one attached hydrogen (secondary N) is 1. The molecule has 0 atom stereocenters. The predicted molar refractivity (Wildman–Crippen MR) is 65.5 cm³/mol. The largest absolute Gasteiger partial charge is 0.418 e. The van der Waals surface area contributed by atoms with Crippen LogP contribution < -0.4 is 11.1 Å². The molecule has 0 aliphatic rings. The van der Waals surface area contributed by atoms with Crippen molar-refractivity contribution in [3.63, 3.8) is 0 Å². The maximum Gasteiger partial charge on any atom is 0.418 e. The lowest BCUT2D eigenvalue weighted by Crippen LogP contribution is -2.10. The van der Waals surface area contributed by atoms with Crippen molar-refractivity contribution in [1.82, 2.24) is 0 Å². The van der Waals surface area contributed by atoms with Gasteiger partial charge in [-0.2, -0.15) is 13.2 Å². The molecule has 1 aromatic carbocycles. The van der Waals surface area contributed by atoms with Crippen LogP contribution in [0.15, 0.2) is 18.2 Å². The van der Waals surface area contributed by atoms with Gasteiger partial charge in [-0.05, 0) is 31.0 Å². The third-order valence-corrected chi connectivity index (χ3v) is 2.46. The van der Waals surface area contributed by atoms with Gasteiger partial charge in [0.2, 0.25) is 0 Å². The summed E-state index contributed by atoms with van der Waals surface area (Å²) in [5.41, 5.74) is 4.67. The molecule has 0 radical (unpaired) electrons. The molecule has 0 spiro atoms. The molecular weight excluding hydrogens is 245 g/mol. The molecule has 0 aromatic heterocycles. The normalized spacial score (nSPS) is 11.6. The van der Waals surface area contributed by atoms with E-state index < -0.39 is 11.7 Å². The van der Waals surface area contributed by atoms with Gasteiger partial charge in [0.15, 0.2) is 0 Å². The van der Waals surface area contributed by atoms with E-state index in [1.165, 1.54) is 6.07 Å². The first-order chi connectivity index (χ1) is 8.45. The van der Waals surface area contributed by atoms with Gasteiger partial charge in [0, 0.05) is 31.6 Å². The average Bonchev–Trinajstić information content (AvgIpc) is 2.29. The summed E-state index contributed by atoms with van der Waals surface area (Å²) in [4.78, 5) is 0. The van der Waals surface area contributed by atoms with E-state index in [4.69, 9.17) is 10.5 Å². The van der Waals surface area contributed by atoms with Gasteiger partial charge in [-0.3, -0.25) is 0 Å². The highest BCUT2D eigenvalue weighted by Crippen LogP contribution is 2.35. The summed E-state index contributed by atoms with van der Waals surface area (Å²) in [5.74, 6) is 0. The standard InChI is InChI=1S/C12H17F3N2O/c1-18-7-3-2-6-17-9-4-5-11(16)10(8-9)12(13,14)15/h4-5,8,17H,2-3,6-7,16H2,1H3. The van der Waals surface area contributed by atoms with E-state index in [0.29, 0.717) is 18.8 Å². The smallest absolute Gasteiger partial charge is 0.398 e. The molecule has 0 fully saturated rings. The van der Waals surface area contributed by atoms with Crippen LogP contribution in [0.4, 0.5) is 24.5 Å². The number of unbranched alkanes of at least 4 members (excludes halogenated alkanes) is 1. The molecule has 6 heteroatoms. The third kappa shape index (κ3) is 4.44. The quantitative estimate of drug-likeness (QED) is 0.611. The van der Waals surface area contributed by atoms with Crippen LogP contribution in [0.5, 0.6) is 0 Å². The molecule has 0 unspecified atom stereocenters. The number of hydrogen-bond donors (Lipinski definition) is 2. The molecule has 102 valence electrons. The number of ether oxygens (including phenoxy) is 1. The van der Waals surface area contributed by atoms with Crippen molar-refractivity contribution < 1.29 is 17.9 Å². The van der Waals surface area contributed by atoms with Gasteiger partial charge in [-0.25, -0.2) is 0 Å². The molecule has 0 saturated heterocycles. The number of anilines is 2. The van der Waals surface area contributed by atoms with Crippen LogP contribution in [0.2, 0.25) is 0 Å². The van der Waals surface area contributed by atoms with E-state index in [1.807, 2.05) is 0 Å². The Labute approximate surface area is 104 Å². The predicted octanol–water partition coefficient (Wildman–Crippen LogP) is 3.13. The number of halogens is 3. The minimum Gasteiger partial charge on any atom is -0.398 e. The first-order valence-electron chi connectivity index (χ1n) is 5.64. The summed E-state index contributed by atoms with van der Waals surface area (Å²) in [5, 5.41) is 2.93. The zero-order valence-electron chi connectivity index (χ0n) is 10.2. The average molecular weight is 262 g/mol. The van der Waals surface area contributed by atoms with Crippen LogP contribution in [-0.4, -0.2) is 20.3 Å². The molecule has 18 heavy (non-hydrogen) atoms. The first kappa shape index (κ1) is 14.6. The summed E-state index contributed by atoms with van der Waals surface area (Å²) < 4.78 is 42.7. The van der Waals surface area contributed by atoms with Crippen LogP contribution in [0.3, 0.4) is 0 Å². The topological polar surface area (TPSA) is 47.3 Å². The molecule has 1 rings (SSSR count). The molecule has 0 amide bonds. The lowest BCUT2D eigenvalue weighted by Gasteiger charge is -2.13. The Balaban J connectivity index is 2.57. The highest BCUT2D eigenvalue weighted by Gasteiger charge is 2.33. The molecular formula is C12H17F3N2O. The second kappa shape index (κ2) is 6.49. The number of methoxy groups -OCH3 is 1. The molecule has 0 heterocycles. The highest BCUT2D eigenvalue weighted by molar-refractivity contribution is 5.58. The summed E-state index contributed by atoms with van der Waals surface area (Å²) in [6.45, 7) is 1.25. The number of alkyl halides is 3. The van der Waals surface area contributed by atoms with Gasteiger partial charge in [-0.15, -0.1) is 0 Å². The molecule has 0 saturated carbocycles. The minimum atomic E-state index is -4.42. The molecule has 0 aliphatic heterocycles. The van der Waals surface area contributed by atoms with E-state index in [-0.39, 0.29) is 5.69 Å². The Bertz CT molecular complexity index is 380. The number of hydrogen-bond acceptors (Lipinski definition) is 3. The number of nitrogens with two attached hydrogens (primary N) is 1. The zero-order valence-corrected chi connectivity index (χ0v) is 10.2. The molecule has 3 nitrogen and oxygen atoms in total. The maximum absolute atomic E-state index is 12.6. The number of rotatable bonds is 6. The molecule has 1 aromatic rings. The van der Waals surface area contributed by atoms with Crippen molar-refractivity contribution in [3.8, 4) is 0 Å². The third-order valence-electron chi connectivity index (χ3n) is 2.46. The lowest BCUT2D eigenvalue weighted by atomic mass is 10.1. The van der Waals surface area contributed by atoms with E-state index in [9.17, 15) is 13.2 Å². The van der Waals surface area contributed by atoms with Gasteiger partial charge < -0.3 is 15.8 Å². The van der Waals surface area contributed by atoms with Crippen LogP contribution in [-0.2, 0) is 10.9 Å². The van der Waals surface area contributed by atoms with E-state index >= 15 is 0 Å². The van der Waals surface area contributed by atoms with E-state index in [1.54, 1.807) is 13.2 Å². The Morgan fingerprint density at radius 1 is 1.28 bits per heavy atom. The van der Waals surface area contributed by atoms with Gasteiger partial charge in [0.25, 0.3) is 0 Å². The van der Waals surface area contributed by atoms with Crippen LogP contribution in [0.1, 0.15) is 18.4 Å². The zero-order chi connectivity index (χ0) is 13.6. The fourth-order valence-corrected chi connectivity index (χ4v) is 1.52. The van der Waals surface area contributed by atoms with Crippen LogP contribution in [0.25, 0.3) is 0 Å². The molecule has 0 bridgehead atoms. The second-order valence-corrected chi connectivity index (χ2v) is 3.93. The van der Waals surface area contributed by atoms with Crippen molar-refractivity contribution in [2.75, 3.05) is 31.3 Å². The number of nitrogen functional groups attached to an aromatic ring is 1. The Morgan fingerprint density at radius 3 is 2.61 bits per heavy atom. The summed E-state index contributed by atoms with van der Waals surface area (Å²) in [7, 11) is 1.61. The monoisotopic (exact) mass is 262 g/mol. The SMILES string of the molecule is COCCCCNc1ccc(N)c(C(F)(F)F)c1. The van der Waals surface area contributed by atoms with Gasteiger partial charge in [0.05, 0.1) is 5.56 Å². The number of benzene rings is 1. The van der Waals surface area contributed by atoms with Crippen molar-refractivity contribution in [1.29, 1.82) is 0 Å². The van der Waals surface area contributed by atoms with Gasteiger partial charge in [0.1, 0.15) is 0 Å². The fraction of sp³-hybridized carbons (Fsp3) is 0.500. The first-order valence-corrected chi connectivity index (χ1v) is 5.64. The Kier molecular flexibility index (Phi) is 5.27. The van der Waals surface area contributed by atoms with Gasteiger partial charge in [-0.1, -0.05) is 0 Å². The van der Waals surface area contributed by atoms with Crippen molar-refractivity contribution in [3.05, 3.63) is 23.8 Å². The van der Waals surface area contributed by atoms with E-state index in [2.05, 4.69) is 5.32 Å². The molecule has 3 N–H and O–H groups in total. The van der Waals surface area contributed by atoms with Crippen molar-refractivity contribution in [2.24, 2.45) is 0 Å². The Hall–Kier alpha value is -1.43. The highest BCUT2D eigenvalue weighted by atomic mass is 19.4. The second-order valence-electron chi connectivity index (χ2n) is 3.93. The summed E-state index contributed by atoms with van der Waals surface area (Å²) in [6.07, 6.45) is -2.72. The Morgan fingerprint density at radius 2 is 2.00 bits per heavy atom. The lowest BCUT2D eigenvalue weighted by molar-refractivity contribution is -0.136. The summed E-state index contributed by atoms with van der Waals surface area (Å²) in [6, 6.07) is 3.84. The maximum atomic E-state index is 12.6. The van der Waals surface area contributed by atoms with Crippen molar-refractivity contribution in [2.45, 2.75) is 19.0 Å². The van der Waals surface area contributed by atoms with Crippen LogP contribution >= 0.6 is 0 Å².